The van der Waals surface area contributed by atoms with Crippen LogP contribution in [0.4, 0.5) is 14.5 Å². The average Bonchev–Trinajstić information content (AvgIpc) is 2.94. The number of likely N-dealkylation sites (tertiary alicyclic amines) is 1. The lowest BCUT2D eigenvalue weighted by molar-refractivity contribution is -0.137. The van der Waals surface area contributed by atoms with Gasteiger partial charge in [0.05, 0.1) is 0 Å². The van der Waals surface area contributed by atoms with Gasteiger partial charge in [-0.15, -0.1) is 0 Å². The standard InChI is InChI=1S/C20H26F2N2O2/c21-16-6-5-7-17(22)18(16)23-19(25)14-8-10-15(11-9-14)20(26)24-12-3-1-2-4-13-24/h5-7,14-15H,1-4,8-13H2,(H,23,25). The van der Waals surface area contributed by atoms with E-state index in [2.05, 4.69) is 5.32 Å². The van der Waals surface area contributed by atoms with Crippen molar-refractivity contribution in [1.82, 2.24) is 4.90 Å². The highest BCUT2D eigenvalue weighted by molar-refractivity contribution is 5.93. The van der Waals surface area contributed by atoms with Crippen LogP contribution < -0.4 is 5.32 Å². The zero-order valence-corrected chi connectivity index (χ0v) is 15.0. The molecule has 0 bridgehead atoms. The number of carbonyl (C=O) groups excluding carboxylic acids is 2. The minimum Gasteiger partial charge on any atom is -0.342 e. The van der Waals surface area contributed by atoms with Crippen molar-refractivity contribution in [2.24, 2.45) is 11.8 Å². The zero-order valence-electron chi connectivity index (χ0n) is 15.0. The Balaban J connectivity index is 1.53. The number of halogens is 2. The molecule has 1 aliphatic carbocycles. The summed E-state index contributed by atoms with van der Waals surface area (Å²) in [5, 5.41) is 2.38. The SMILES string of the molecule is O=C(Nc1c(F)cccc1F)C1CCC(C(=O)N2CCCCCC2)CC1. The highest BCUT2D eigenvalue weighted by atomic mass is 19.1. The molecule has 1 aromatic carbocycles. The summed E-state index contributed by atoms with van der Waals surface area (Å²) in [6.07, 6.45) is 6.97. The van der Waals surface area contributed by atoms with Crippen molar-refractivity contribution in [3.05, 3.63) is 29.8 Å². The third-order valence-corrected chi connectivity index (χ3v) is 5.58. The van der Waals surface area contributed by atoms with Crippen LogP contribution in [0.1, 0.15) is 51.4 Å². The second-order valence-corrected chi connectivity index (χ2v) is 7.37. The number of carbonyl (C=O) groups is 2. The van der Waals surface area contributed by atoms with Crippen LogP contribution in [0.25, 0.3) is 0 Å². The topological polar surface area (TPSA) is 49.4 Å². The molecule has 142 valence electrons. The summed E-state index contributed by atoms with van der Waals surface area (Å²) in [6.45, 7) is 1.68. The van der Waals surface area contributed by atoms with Crippen molar-refractivity contribution in [3.8, 4) is 0 Å². The third-order valence-electron chi connectivity index (χ3n) is 5.58. The molecule has 2 aliphatic rings. The maximum atomic E-state index is 13.7. The minimum absolute atomic E-state index is 0.0256. The molecule has 1 saturated heterocycles. The summed E-state index contributed by atoms with van der Waals surface area (Å²) in [7, 11) is 0. The Morgan fingerprint density at radius 1 is 0.885 bits per heavy atom. The fourth-order valence-electron chi connectivity index (χ4n) is 3.99. The van der Waals surface area contributed by atoms with Crippen LogP contribution in [-0.4, -0.2) is 29.8 Å². The van der Waals surface area contributed by atoms with Crippen molar-refractivity contribution in [2.75, 3.05) is 18.4 Å². The molecular weight excluding hydrogens is 338 g/mol. The van der Waals surface area contributed by atoms with Gasteiger partial charge < -0.3 is 10.2 Å². The fourth-order valence-corrected chi connectivity index (χ4v) is 3.99. The highest BCUT2D eigenvalue weighted by Gasteiger charge is 2.32. The van der Waals surface area contributed by atoms with Crippen LogP contribution in [0.15, 0.2) is 18.2 Å². The number of benzene rings is 1. The Bertz CT molecular complexity index is 629. The lowest BCUT2D eigenvalue weighted by Crippen LogP contribution is -2.39. The summed E-state index contributed by atoms with van der Waals surface area (Å²) >= 11 is 0. The number of para-hydroxylation sites is 1. The minimum atomic E-state index is -0.775. The first-order valence-electron chi connectivity index (χ1n) is 9.60. The zero-order chi connectivity index (χ0) is 18.5. The molecule has 0 atom stereocenters. The molecular formula is C20H26F2N2O2. The summed E-state index contributed by atoms with van der Waals surface area (Å²) in [5.74, 6) is -2.03. The molecule has 0 aromatic heterocycles. The predicted octanol–water partition coefficient (Wildman–Crippen LogP) is 4.11. The van der Waals surface area contributed by atoms with Gasteiger partial charge in [0.15, 0.2) is 0 Å². The van der Waals surface area contributed by atoms with Crippen LogP contribution in [0.3, 0.4) is 0 Å². The second kappa shape index (κ2) is 8.60. The molecule has 0 unspecified atom stereocenters. The van der Waals surface area contributed by atoms with E-state index in [0.717, 1.165) is 38.1 Å². The number of nitrogens with zero attached hydrogens (tertiary/aromatic N) is 1. The van der Waals surface area contributed by atoms with Gasteiger partial charge in [-0.3, -0.25) is 9.59 Å². The molecule has 0 spiro atoms. The largest absolute Gasteiger partial charge is 0.342 e. The van der Waals surface area contributed by atoms with Crippen LogP contribution in [0.2, 0.25) is 0 Å². The quantitative estimate of drug-likeness (QED) is 0.877. The van der Waals surface area contributed by atoms with Gasteiger partial charge >= 0.3 is 0 Å². The van der Waals surface area contributed by atoms with E-state index in [1.165, 1.54) is 18.9 Å². The van der Waals surface area contributed by atoms with Gasteiger partial charge in [0.25, 0.3) is 0 Å². The maximum Gasteiger partial charge on any atom is 0.227 e. The Hall–Kier alpha value is -1.98. The molecule has 1 saturated carbocycles. The number of anilines is 1. The van der Waals surface area contributed by atoms with Crippen molar-refractivity contribution in [2.45, 2.75) is 51.4 Å². The Morgan fingerprint density at radius 2 is 1.42 bits per heavy atom. The van der Waals surface area contributed by atoms with E-state index < -0.39 is 11.6 Å². The smallest absolute Gasteiger partial charge is 0.227 e. The van der Waals surface area contributed by atoms with Gasteiger partial charge in [0.1, 0.15) is 17.3 Å². The van der Waals surface area contributed by atoms with Crippen molar-refractivity contribution >= 4 is 17.5 Å². The molecule has 6 heteroatoms. The predicted molar refractivity (Wildman–Crippen MR) is 95.5 cm³/mol. The molecule has 2 fully saturated rings. The molecule has 1 heterocycles. The fraction of sp³-hybridized carbons (Fsp3) is 0.600. The first kappa shape index (κ1) is 18.8. The molecule has 26 heavy (non-hydrogen) atoms. The van der Waals surface area contributed by atoms with Crippen LogP contribution in [-0.2, 0) is 9.59 Å². The van der Waals surface area contributed by atoms with Gasteiger partial charge in [-0.1, -0.05) is 18.9 Å². The normalized spacial score (nSPS) is 24.0. The molecule has 1 aliphatic heterocycles. The molecule has 0 radical (unpaired) electrons. The Labute approximate surface area is 152 Å². The van der Waals surface area contributed by atoms with E-state index in [1.807, 2.05) is 4.90 Å². The van der Waals surface area contributed by atoms with Crippen molar-refractivity contribution in [1.29, 1.82) is 0 Å². The number of nitrogens with one attached hydrogen (secondary N) is 1. The second-order valence-electron chi connectivity index (χ2n) is 7.37. The van der Waals surface area contributed by atoms with Gasteiger partial charge in [-0.25, -0.2) is 8.78 Å². The van der Waals surface area contributed by atoms with E-state index in [0.29, 0.717) is 25.7 Å². The Kier molecular flexibility index (Phi) is 6.22. The van der Waals surface area contributed by atoms with Crippen LogP contribution in [0.5, 0.6) is 0 Å². The van der Waals surface area contributed by atoms with Crippen molar-refractivity contribution < 1.29 is 18.4 Å². The molecule has 2 amide bonds. The molecule has 3 rings (SSSR count). The van der Waals surface area contributed by atoms with Crippen LogP contribution >= 0.6 is 0 Å². The molecule has 4 nitrogen and oxygen atoms in total. The maximum absolute atomic E-state index is 13.7. The third kappa shape index (κ3) is 4.40. The van der Waals surface area contributed by atoms with Gasteiger partial charge in [-0.2, -0.15) is 0 Å². The lowest BCUT2D eigenvalue weighted by Gasteiger charge is -2.31. The monoisotopic (exact) mass is 364 g/mol. The first-order valence-corrected chi connectivity index (χ1v) is 9.60. The lowest BCUT2D eigenvalue weighted by atomic mass is 9.81. The summed E-state index contributed by atoms with van der Waals surface area (Å²) in [4.78, 5) is 27.0. The number of hydrogen-bond acceptors (Lipinski definition) is 2. The van der Waals surface area contributed by atoms with Gasteiger partial charge in [-0.05, 0) is 50.7 Å². The van der Waals surface area contributed by atoms with Crippen LogP contribution in [0, 0.1) is 23.5 Å². The number of rotatable bonds is 3. The van der Waals surface area contributed by atoms with Gasteiger partial charge in [0.2, 0.25) is 11.8 Å². The molecule has 1 N–H and O–H groups in total. The Morgan fingerprint density at radius 3 is 2.00 bits per heavy atom. The number of amides is 2. The van der Waals surface area contributed by atoms with E-state index in [9.17, 15) is 18.4 Å². The summed E-state index contributed by atoms with van der Waals surface area (Å²) in [5.41, 5.74) is -0.389. The summed E-state index contributed by atoms with van der Waals surface area (Å²) in [6, 6.07) is 3.50. The van der Waals surface area contributed by atoms with Crippen molar-refractivity contribution in [3.63, 3.8) is 0 Å². The first-order chi connectivity index (χ1) is 12.6. The van der Waals surface area contributed by atoms with E-state index in [-0.39, 0.29) is 29.3 Å². The highest BCUT2D eigenvalue weighted by Crippen LogP contribution is 2.32. The molecule has 1 aromatic rings. The average molecular weight is 364 g/mol. The van der Waals surface area contributed by atoms with E-state index in [1.54, 1.807) is 0 Å². The van der Waals surface area contributed by atoms with E-state index >= 15 is 0 Å². The number of hydrogen-bond donors (Lipinski definition) is 1. The van der Waals surface area contributed by atoms with Gasteiger partial charge in [0, 0.05) is 24.9 Å². The van der Waals surface area contributed by atoms with E-state index in [4.69, 9.17) is 0 Å². The summed E-state index contributed by atoms with van der Waals surface area (Å²) < 4.78 is 27.4.